The summed E-state index contributed by atoms with van der Waals surface area (Å²) < 4.78 is 39.2. The van der Waals surface area contributed by atoms with E-state index in [1.54, 1.807) is 6.07 Å². The molecule has 4 nitrogen and oxygen atoms in total. The molecule has 2 aromatic rings. The van der Waals surface area contributed by atoms with E-state index in [-0.39, 0.29) is 12.3 Å². The Bertz CT molecular complexity index is 704. The number of benzene rings is 2. The standard InChI is InChI=1S/C16H18FNO3S/c17-15-8-4-7-14(9-15)12-22(20,21)18-11-16(19)10-13-5-2-1-3-6-13/h1-9,16,18-19H,10-12H2/t16-/m0/s1. The fraction of sp³-hybridized carbons (Fsp3) is 0.250. The van der Waals surface area contributed by atoms with E-state index in [1.807, 2.05) is 30.3 Å². The van der Waals surface area contributed by atoms with E-state index in [0.29, 0.717) is 12.0 Å². The molecule has 0 unspecified atom stereocenters. The molecule has 1 atom stereocenters. The van der Waals surface area contributed by atoms with Crippen LogP contribution in [-0.4, -0.2) is 26.2 Å². The number of aliphatic hydroxyl groups is 1. The molecule has 0 aliphatic rings. The highest BCUT2D eigenvalue weighted by molar-refractivity contribution is 7.88. The molecule has 0 bridgehead atoms. The molecule has 0 saturated heterocycles. The van der Waals surface area contributed by atoms with Gasteiger partial charge in [0.1, 0.15) is 5.82 Å². The molecule has 0 radical (unpaired) electrons. The Labute approximate surface area is 129 Å². The monoisotopic (exact) mass is 323 g/mol. The molecule has 2 aromatic carbocycles. The summed E-state index contributed by atoms with van der Waals surface area (Å²) in [7, 11) is -3.62. The van der Waals surface area contributed by atoms with Crippen molar-refractivity contribution in [1.82, 2.24) is 4.72 Å². The molecule has 0 aliphatic carbocycles. The minimum Gasteiger partial charge on any atom is -0.391 e. The predicted octanol–water partition coefficient (Wildman–Crippen LogP) is 1.85. The maximum Gasteiger partial charge on any atom is 0.215 e. The summed E-state index contributed by atoms with van der Waals surface area (Å²) in [5.41, 5.74) is 1.30. The molecule has 0 amide bonds. The normalized spacial score (nSPS) is 13.0. The van der Waals surface area contributed by atoms with Crippen LogP contribution in [-0.2, 0) is 22.2 Å². The first-order chi connectivity index (χ1) is 10.4. The average Bonchev–Trinajstić information content (AvgIpc) is 2.46. The number of nitrogens with one attached hydrogen (secondary N) is 1. The Morgan fingerprint density at radius 1 is 1.05 bits per heavy atom. The van der Waals surface area contributed by atoms with E-state index in [2.05, 4.69) is 4.72 Å². The predicted molar refractivity (Wildman–Crippen MR) is 83.2 cm³/mol. The molecule has 0 saturated carbocycles. The van der Waals surface area contributed by atoms with Crippen molar-refractivity contribution >= 4 is 10.0 Å². The highest BCUT2D eigenvalue weighted by Gasteiger charge is 2.14. The summed E-state index contributed by atoms with van der Waals surface area (Å²) in [4.78, 5) is 0. The first kappa shape index (κ1) is 16.6. The zero-order chi connectivity index (χ0) is 16.0. The van der Waals surface area contributed by atoms with Crippen molar-refractivity contribution < 1.29 is 17.9 Å². The third-order valence-electron chi connectivity index (χ3n) is 3.10. The van der Waals surface area contributed by atoms with Crippen molar-refractivity contribution in [2.45, 2.75) is 18.3 Å². The fourth-order valence-electron chi connectivity index (χ4n) is 2.08. The van der Waals surface area contributed by atoms with Crippen LogP contribution in [0.15, 0.2) is 54.6 Å². The second-order valence-corrected chi connectivity index (χ2v) is 6.89. The molecule has 0 spiro atoms. The van der Waals surface area contributed by atoms with Gasteiger partial charge >= 0.3 is 0 Å². The van der Waals surface area contributed by atoms with Crippen molar-refractivity contribution in [3.05, 3.63) is 71.5 Å². The SMILES string of the molecule is O=S(=O)(Cc1cccc(F)c1)NC[C@@H](O)Cc1ccccc1. The average molecular weight is 323 g/mol. The van der Waals surface area contributed by atoms with Gasteiger partial charge in [-0.3, -0.25) is 0 Å². The van der Waals surface area contributed by atoms with Gasteiger partial charge in [-0.2, -0.15) is 0 Å². The molecule has 0 fully saturated rings. The molecule has 0 heterocycles. The van der Waals surface area contributed by atoms with E-state index in [0.717, 1.165) is 5.56 Å². The maximum atomic E-state index is 13.0. The zero-order valence-corrected chi connectivity index (χ0v) is 12.8. The molecule has 0 aromatic heterocycles. The number of rotatable bonds is 7. The molecule has 2 N–H and O–H groups in total. The minimum absolute atomic E-state index is 0.0768. The summed E-state index contributed by atoms with van der Waals surface area (Å²) in [6.07, 6.45) is -0.451. The van der Waals surface area contributed by atoms with Crippen molar-refractivity contribution in [3.8, 4) is 0 Å². The third kappa shape index (κ3) is 5.55. The van der Waals surface area contributed by atoms with E-state index >= 15 is 0 Å². The van der Waals surface area contributed by atoms with Gasteiger partial charge in [0.25, 0.3) is 0 Å². The van der Waals surface area contributed by atoms with Crippen molar-refractivity contribution in [2.75, 3.05) is 6.54 Å². The lowest BCUT2D eigenvalue weighted by molar-refractivity contribution is 0.179. The topological polar surface area (TPSA) is 66.4 Å². The van der Waals surface area contributed by atoms with Crippen LogP contribution >= 0.6 is 0 Å². The van der Waals surface area contributed by atoms with Crippen LogP contribution in [0.2, 0.25) is 0 Å². The second kappa shape index (κ2) is 7.49. The van der Waals surface area contributed by atoms with E-state index in [1.165, 1.54) is 18.2 Å². The highest BCUT2D eigenvalue weighted by atomic mass is 32.2. The third-order valence-corrected chi connectivity index (χ3v) is 4.42. The van der Waals surface area contributed by atoms with Crippen LogP contribution in [0.4, 0.5) is 4.39 Å². The van der Waals surface area contributed by atoms with Crippen molar-refractivity contribution in [3.63, 3.8) is 0 Å². The first-order valence-electron chi connectivity index (χ1n) is 6.88. The van der Waals surface area contributed by atoms with Crippen molar-refractivity contribution in [2.24, 2.45) is 0 Å². The minimum atomic E-state index is -3.62. The summed E-state index contributed by atoms with van der Waals surface area (Å²) in [5.74, 6) is -0.792. The van der Waals surface area contributed by atoms with Gasteiger partial charge in [0, 0.05) is 6.54 Å². The van der Waals surface area contributed by atoms with Crippen LogP contribution in [0, 0.1) is 5.82 Å². The summed E-state index contributed by atoms with van der Waals surface area (Å²) in [6.45, 7) is -0.0768. The largest absolute Gasteiger partial charge is 0.391 e. The lowest BCUT2D eigenvalue weighted by Crippen LogP contribution is -2.34. The number of hydrogen-bond donors (Lipinski definition) is 2. The Morgan fingerprint density at radius 2 is 1.73 bits per heavy atom. The highest BCUT2D eigenvalue weighted by Crippen LogP contribution is 2.08. The number of halogens is 1. The maximum absolute atomic E-state index is 13.0. The number of aliphatic hydroxyl groups excluding tert-OH is 1. The van der Waals surface area contributed by atoms with Gasteiger partial charge in [-0.05, 0) is 29.7 Å². The van der Waals surface area contributed by atoms with E-state index in [4.69, 9.17) is 0 Å². The van der Waals surface area contributed by atoms with Gasteiger partial charge in [0.15, 0.2) is 0 Å². The van der Waals surface area contributed by atoms with Gasteiger partial charge in [0.05, 0.1) is 11.9 Å². The smallest absolute Gasteiger partial charge is 0.215 e. The van der Waals surface area contributed by atoms with E-state index in [9.17, 15) is 17.9 Å². The zero-order valence-electron chi connectivity index (χ0n) is 11.9. The molecular weight excluding hydrogens is 305 g/mol. The van der Waals surface area contributed by atoms with Crippen LogP contribution in [0.1, 0.15) is 11.1 Å². The Balaban J connectivity index is 1.87. The van der Waals surface area contributed by atoms with Crippen LogP contribution in [0.25, 0.3) is 0 Å². The van der Waals surface area contributed by atoms with Crippen LogP contribution < -0.4 is 4.72 Å². The molecule has 22 heavy (non-hydrogen) atoms. The first-order valence-corrected chi connectivity index (χ1v) is 8.53. The van der Waals surface area contributed by atoms with Crippen LogP contribution in [0.5, 0.6) is 0 Å². The molecule has 6 heteroatoms. The Kier molecular flexibility index (Phi) is 5.65. The summed E-state index contributed by atoms with van der Waals surface area (Å²) >= 11 is 0. The fourth-order valence-corrected chi connectivity index (χ4v) is 3.25. The lowest BCUT2D eigenvalue weighted by Gasteiger charge is -2.12. The van der Waals surface area contributed by atoms with Crippen LogP contribution in [0.3, 0.4) is 0 Å². The molecular formula is C16H18FNO3S. The Hall–Kier alpha value is -1.76. The molecule has 0 aliphatic heterocycles. The van der Waals surface area contributed by atoms with Gasteiger partial charge in [0.2, 0.25) is 10.0 Å². The van der Waals surface area contributed by atoms with Gasteiger partial charge < -0.3 is 5.11 Å². The summed E-state index contributed by atoms with van der Waals surface area (Å²) in [5, 5.41) is 9.89. The summed E-state index contributed by atoms with van der Waals surface area (Å²) in [6, 6.07) is 14.8. The lowest BCUT2D eigenvalue weighted by atomic mass is 10.1. The number of sulfonamides is 1. The van der Waals surface area contributed by atoms with Gasteiger partial charge in [-0.25, -0.2) is 17.5 Å². The van der Waals surface area contributed by atoms with Crippen molar-refractivity contribution in [1.29, 1.82) is 0 Å². The quantitative estimate of drug-likeness (QED) is 0.817. The number of hydrogen-bond acceptors (Lipinski definition) is 3. The van der Waals surface area contributed by atoms with E-state index < -0.39 is 21.9 Å². The van der Waals surface area contributed by atoms with Gasteiger partial charge in [-0.15, -0.1) is 0 Å². The Morgan fingerprint density at radius 3 is 2.41 bits per heavy atom. The second-order valence-electron chi connectivity index (χ2n) is 5.08. The molecule has 118 valence electrons. The molecule has 2 rings (SSSR count). The van der Waals surface area contributed by atoms with Gasteiger partial charge in [-0.1, -0.05) is 42.5 Å².